The summed E-state index contributed by atoms with van der Waals surface area (Å²) in [5.41, 5.74) is 0.968. The molecule has 5 heteroatoms. The molecule has 3 nitrogen and oxygen atoms in total. The highest BCUT2D eigenvalue weighted by atomic mass is 32.2. The van der Waals surface area contributed by atoms with E-state index in [2.05, 4.69) is 4.98 Å². The van der Waals surface area contributed by atoms with Gasteiger partial charge in [0.2, 0.25) is 0 Å². The number of hydrogen-bond acceptors (Lipinski definition) is 5. The van der Waals surface area contributed by atoms with Crippen molar-refractivity contribution in [1.29, 1.82) is 0 Å². The van der Waals surface area contributed by atoms with Crippen molar-refractivity contribution < 1.29 is 9.53 Å². The van der Waals surface area contributed by atoms with Gasteiger partial charge in [0, 0.05) is 15.5 Å². The number of benzene rings is 1. The van der Waals surface area contributed by atoms with E-state index >= 15 is 0 Å². The summed E-state index contributed by atoms with van der Waals surface area (Å²) in [4.78, 5) is 17.9. The van der Waals surface area contributed by atoms with E-state index in [-0.39, 0.29) is 5.92 Å². The van der Waals surface area contributed by atoms with E-state index in [1.165, 1.54) is 0 Å². The van der Waals surface area contributed by atoms with Gasteiger partial charge in [0.1, 0.15) is 12.0 Å². The fraction of sp³-hybridized carbons (Fsp3) is 0.333. The number of hydrogen-bond donors (Lipinski definition) is 0. The summed E-state index contributed by atoms with van der Waals surface area (Å²) in [6.45, 7) is 3.93. The van der Waals surface area contributed by atoms with Crippen LogP contribution in [0.4, 0.5) is 0 Å². The lowest BCUT2D eigenvalue weighted by molar-refractivity contribution is -0.108. The number of aryl methyl sites for hydroxylation is 2. The first-order valence-electron chi connectivity index (χ1n) is 6.30. The SMILES string of the molecule is COc1cccc(SCC(C=O)c2sc(C)nc2C)c1. The van der Waals surface area contributed by atoms with Crippen molar-refractivity contribution in [3.8, 4) is 5.75 Å². The molecule has 0 saturated carbocycles. The molecule has 106 valence electrons. The number of thiazole rings is 1. The molecule has 0 bridgehead atoms. The zero-order valence-corrected chi connectivity index (χ0v) is 13.4. The summed E-state index contributed by atoms with van der Waals surface area (Å²) in [6.07, 6.45) is 1.02. The van der Waals surface area contributed by atoms with Crippen molar-refractivity contribution in [2.24, 2.45) is 0 Å². The third-order valence-electron chi connectivity index (χ3n) is 2.91. The molecule has 1 aromatic heterocycles. The third-order valence-corrected chi connectivity index (χ3v) is 5.23. The van der Waals surface area contributed by atoms with Gasteiger partial charge in [-0.25, -0.2) is 4.98 Å². The normalized spacial score (nSPS) is 12.2. The molecule has 1 unspecified atom stereocenters. The van der Waals surface area contributed by atoms with Crippen molar-refractivity contribution in [2.45, 2.75) is 24.7 Å². The van der Waals surface area contributed by atoms with Gasteiger partial charge in [0.15, 0.2) is 0 Å². The molecular weight excluding hydrogens is 290 g/mol. The first-order chi connectivity index (χ1) is 9.63. The van der Waals surface area contributed by atoms with Crippen LogP contribution in [0.2, 0.25) is 0 Å². The third kappa shape index (κ3) is 3.61. The van der Waals surface area contributed by atoms with E-state index in [1.54, 1.807) is 30.2 Å². The van der Waals surface area contributed by atoms with E-state index < -0.39 is 0 Å². The van der Waals surface area contributed by atoms with Gasteiger partial charge in [0.05, 0.1) is 23.7 Å². The molecule has 0 amide bonds. The predicted octanol–water partition coefficient (Wildman–Crippen LogP) is 3.84. The monoisotopic (exact) mass is 307 g/mol. The smallest absolute Gasteiger partial charge is 0.129 e. The Hall–Kier alpha value is -1.33. The van der Waals surface area contributed by atoms with E-state index in [4.69, 9.17) is 4.74 Å². The zero-order chi connectivity index (χ0) is 14.5. The molecule has 0 aliphatic carbocycles. The van der Waals surface area contributed by atoms with Crippen molar-refractivity contribution in [3.63, 3.8) is 0 Å². The number of nitrogens with zero attached hydrogens (tertiary/aromatic N) is 1. The minimum absolute atomic E-state index is 0.0996. The van der Waals surface area contributed by atoms with Gasteiger partial charge in [-0.3, -0.25) is 0 Å². The molecule has 0 spiro atoms. The minimum Gasteiger partial charge on any atom is -0.497 e. The average molecular weight is 307 g/mol. The van der Waals surface area contributed by atoms with Crippen LogP contribution in [-0.4, -0.2) is 24.1 Å². The summed E-state index contributed by atoms with van der Waals surface area (Å²) in [5.74, 6) is 1.46. The Balaban J connectivity index is 2.07. The summed E-state index contributed by atoms with van der Waals surface area (Å²) in [5, 5.41) is 1.01. The molecular formula is C15H17NO2S2. The lowest BCUT2D eigenvalue weighted by Gasteiger charge is -2.09. The second kappa shape index (κ2) is 6.90. The maximum atomic E-state index is 11.4. The Morgan fingerprint density at radius 2 is 2.25 bits per heavy atom. The summed E-state index contributed by atoms with van der Waals surface area (Å²) < 4.78 is 5.20. The Labute approximate surface area is 127 Å². The van der Waals surface area contributed by atoms with Gasteiger partial charge < -0.3 is 9.53 Å². The molecule has 0 aliphatic rings. The highest BCUT2D eigenvalue weighted by molar-refractivity contribution is 7.99. The van der Waals surface area contributed by atoms with Crippen LogP contribution in [0.15, 0.2) is 29.2 Å². The Morgan fingerprint density at radius 1 is 1.45 bits per heavy atom. The second-order valence-electron chi connectivity index (χ2n) is 4.42. The Bertz CT molecular complexity index is 595. The van der Waals surface area contributed by atoms with Crippen LogP contribution < -0.4 is 4.74 Å². The highest BCUT2D eigenvalue weighted by Gasteiger charge is 2.17. The first kappa shape index (κ1) is 15.1. The minimum atomic E-state index is -0.0996. The van der Waals surface area contributed by atoms with E-state index in [0.717, 1.165) is 38.3 Å². The molecule has 0 fully saturated rings. The molecule has 1 heterocycles. The van der Waals surface area contributed by atoms with E-state index in [0.29, 0.717) is 0 Å². The Kier molecular flexibility index (Phi) is 5.20. The number of thioether (sulfide) groups is 1. The first-order valence-corrected chi connectivity index (χ1v) is 8.10. The molecule has 20 heavy (non-hydrogen) atoms. The number of ether oxygens (including phenoxy) is 1. The van der Waals surface area contributed by atoms with Crippen molar-refractivity contribution in [2.75, 3.05) is 12.9 Å². The highest BCUT2D eigenvalue weighted by Crippen LogP contribution is 2.31. The van der Waals surface area contributed by atoms with Crippen LogP contribution in [-0.2, 0) is 4.79 Å². The van der Waals surface area contributed by atoms with Crippen molar-refractivity contribution in [3.05, 3.63) is 39.8 Å². The fourth-order valence-corrected chi connectivity index (χ4v) is 4.03. The summed E-state index contributed by atoms with van der Waals surface area (Å²) in [7, 11) is 1.65. The molecule has 2 aromatic rings. The van der Waals surface area contributed by atoms with Gasteiger partial charge in [-0.15, -0.1) is 23.1 Å². The Morgan fingerprint density at radius 3 is 2.85 bits per heavy atom. The predicted molar refractivity (Wildman–Crippen MR) is 84.1 cm³/mol. The van der Waals surface area contributed by atoms with Crippen LogP contribution >= 0.6 is 23.1 Å². The molecule has 0 radical (unpaired) electrons. The number of methoxy groups -OCH3 is 1. The largest absolute Gasteiger partial charge is 0.497 e. The van der Waals surface area contributed by atoms with E-state index in [1.807, 2.05) is 38.1 Å². The maximum absolute atomic E-state index is 11.4. The van der Waals surface area contributed by atoms with Crippen LogP contribution in [0.3, 0.4) is 0 Å². The van der Waals surface area contributed by atoms with Gasteiger partial charge in [-0.2, -0.15) is 0 Å². The van der Waals surface area contributed by atoms with Crippen molar-refractivity contribution in [1.82, 2.24) is 4.98 Å². The maximum Gasteiger partial charge on any atom is 0.129 e. The number of carbonyl (C=O) groups is 1. The van der Waals surface area contributed by atoms with Gasteiger partial charge in [-0.05, 0) is 32.0 Å². The van der Waals surface area contributed by atoms with Crippen LogP contribution in [0.5, 0.6) is 5.75 Å². The fourth-order valence-electron chi connectivity index (χ4n) is 1.94. The summed E-state index contributed by atoms with van der Waals surface area (Å²) >= 11 is 3.27. The number of carbonyl (C=O) groups excluding carboxylic acids is 1. The average Bonchev–Trinajstić information content (AvgIpc) is 2.79. The van der Waals surface area contributed by atoms with Gasteiger partial charge in [0.25, 0.3) is 0 Å². The molecule has 0 saturated heterocycles. The number of aromatic nitrogens is 1. The summed E-state index contributed by atoms with van der Waals surface area (Å²) in [6, 6.07) is 7.88. The molecule has 1 aromatic carbocycles. The lowest BCUT2D eigenvalue weighted by atomic mass is 10.1. The van der Waals surface area contributed by atoms with Crippen LogP contribution in [0.1, 0.15) is 21.5 Å². The van der Waals surface area contributed by atoms with Gasteiger partial charge >= 0.3 is 0 Å². The number of rotatable bonds is 6. The quantitative estimate of drug-likeness (QED) is 0.600. The lowest BCUT2D eigenvalue weighted by Crippen LogP contribution is -2.03. The standard InChI is InChI=1S/C15H17NO2S2/c1-10-15(20-11(2)16-10)12(8-17)9-19-14-6-4-5-13(7-14)18-3/h4-8,12H,9H2,1-3H3. The van der Waals surface area contributed by atoms with E-state index in [9.17, 15) is 4.79 Å². The van der Waals surface area contributed by atoms with Crippen LogP contribution in [0.25, 0.3) is 0 Å². The zero-order valence-electron chi connectivity index (χ0n) is 11.8. The molecule has 0 N–H and O–H groups in total. The second-order valence-corrected chi connectivity index (χ2v) is 6.74. The van der Waals surface area contributed by atoms with Crippen LogP contribution in [0, 0.1) is 13.8 Å². The topological polar surface area (TPSA) is 39.2 Å². The van der Waals surface area contributed by atoms with Gasteiger partial charge in [-0.1, -0.05) is 6.07 Å². The van der Waals surface area contributed by atoms with Crippen molar-refractivity contribution >= 4 is 29.4 Å². The molecule has 1 atom stereocenters. The number of aldehydes is 1. The molecule has 2 rings (SSSR count). The molecule has 0 aliphatic heterocycles.